The van der Waals surface area contributed by atoms with Gasteiger partial charge in [-0.3, -0.25) is 4.79 Å². The van der Waals surface area contributed by atoms with Crippen LogP contribution in [0.5, 0.6) is 0 Å². The van der Waals surface area contributed by atoms with E-state index in [1.165, 1.54) is 0 Å². The molecule has 0 fully saturated rings. The molecule has 10 heteroatoms. The number of sulfonamides is 2. The molecule has 0 aromatic carbocycles. The number of carbonyl (C=O) groups is 1. The van der Waals surface area contributed by atoms with Crippen molar-refractivity contribution in [3.8, 4) is 0 Å². The van der Waals surface area contributed by atoms with Crippen LogP contribution in [0.3, 0.4) is 0 Å². The molecule has 0 rings (SSSR count). The molecule has 0 aliphatic heterocycles. The van der Waals surface area contributed by atoms with Crippen molar-refractivity contribution in [3.05, 3.63) is 0 Å². The fourth-order valence-corrected chi connectivity index (χ4v) is 3.60. The highest BCUT2D eigenvalue weighted by atomic mass is 32.2. The molecule has 0 aliphatic carbocycles. The van der Waals surface area contributed by atoms with E-state index < -0.39 is 37.5 Å². The van der Waals surface area contributed by atoms with Gasteiger partial charge in [-0.2, -0.15) is 0 Å². The number of carbonyl (C=O) groups excluding carboxylic acids is 1. The lowest BCUT2D eigenvalue weighted by molar-refractivity contribution is -0.123. The van der Waals surface area contributed by atoms with Crippen molar-refractivity contribution < 1.29 is 21.6 Å². The molecule has 0 bridgehead atoms. The Morgan fingerprint density at radius 1 is 1.05 bits per heavy atom. The second-order valence-electron chi connectivity index (χ2n) is 6.09. The fourth-order valence-electron chi connectivity index (χ4n) is 1.68. The standard InChI is InChI=1S/C11H25N3O5S2/c1-8(2)9(13-20(5,16)17)10(15)12-7-11(3,4)14-21(6,18)19/h8-9,13-14H,7H2,1-6H3,(H,12,15)/t9-/m1/s1. The average Bonchev–Trinajstić information content (AvgIpc) is 2.17. The molecule has 8 nitrogen and oxygen atoms in total. The van der Waals surface area contributed by atoms with E-state index >= 15 is 0 Å². The molecule has 0 unspecified atom stereocenters. The molecule has 0 radical (unpaired) electrons. The molecule has 21 heavy (non-hydrogen) atoms. The summed E-state index contributed by atoms with van der Waals surface area (Å²) in [5.41, 5.74) is -0.879. The number of rotatable bonds is 8. The molecule has 0 aliphatic rings. The van der Waals surface area contributed by atoms with Crippen LogP contribution in [0.25, 0.3) is 0 Å². The van der Waals surface area contributed by atoms with Crippen molar-refractivity contribution in [1.29, 1.82) is 0 Å². The van der Waals surface area contributed by atoms with Crippen LogP contribution in [-0.2, 0) is 24.8 Å². The van der Waals surface area contributed by atoms with Crippen LogP contribution in [0.2, 0.25) is 0 Å². The SMILES string of the molecule is CC(C)[C@@H](NS(C)(=O)=O)C(=O)NCC(C)(C)NS(C)(=O)=O. The summed E-state index contributed by atoms with van der Waals surface area (Å²) >= 11 is 0. The average molecular weight is 343 g/mol. The number of hydrogen-bond acceptors (Lipinski definition) is 5. The van der Waals surface area contributed by atoms with Gasteiger partial charge in [-0.15, -0.1) is 0 Å². The first-order valence-electron chi connectivity index (χ1n) is 6.37. The van der Waals surface area contributed by atoms with Gasteiger partial charge in [-0.05, 0) is 19.8 Å². The zero-order valence-corrected chi connectivity index (χ0v) is 14.9. The maximum Gasteiger partial charge on any atom is 0.238 e. The van der Waals surface area contributed by atoms with Crippen molar-refractivity contribution in [2.45, 2.75) is 39.3 Å². The minimum atomic E-state index is -3.52. The topological polar surface area (TPSA) is 121 Å². The number of hydrogen-bond donors (Lipinski definition) is 3. The van der Waals surface area contributed by atoms with Gasteiger partial charge in [0.15, 0.2) is 0 Å². The normalized spacial score (nSPS) is 15.0. The largest absolute Gasteiger partial charge is 0.353 e. The predicted octanol–water partition coefficient (Wildman–Crippen LogP) is -0.996. The van der Waals surface area contributed by atoms with Crippen molar-refractivity contribution in [2.75, 3.05) is 19.1 Å². The van der Waals surface area contributed by atoms with Crippen molar-refractivity contribution in [2.24, 2.45) is 5.92 Å². The van der Waals surface area contributed by atoms with Crippen molar-refractivity contribution >= 4 is 26.0 Å². The van der Waals surface area contributed by atoms with Crippen LogP contribution in [0.15, 0.2) is 0 Å². The van der Waals surface area contributed by atoms with Gasteiger partial charge in [0.25, 0.3) is 0 Å². The lowest BCUT2D eigenvalue weighted by Gasteiger charge is -2.27. The summed E-state index contributed by atoms with van der Waals surface area (Å²) in [6, 6.07) is -0.908. The Morgan fingerprint density at radius 3 is 1.86 bits per heavy atom. The van der Waals surface area contributed by atoms with E-state index in [1.807, 2.05) is 0 Å². The predicted molar refractivity (Wildman–Crippen MR) is 81.7 cm³/mol. The molecular formula is C11H25N3O5S2. The molecule has 0 spiro atoms. The first-order chi connectivity index (χ1) is 9.13. The Morgan fingerprint density at radius 2 is 1.52 bits per heavy atom. The minimum Gasteiger partial charge on any atom is -0.353 e. The summed E-state index contributed by atoms with van der Waals surface area (Å²) < 4.78 is 49.6. The molecule has 0 saturated carbocycles. The summed E-state index contributed by atoms with van der Waals surface area (Å²) in [6.45, 7) is 6.68. The highest BCUT2D eigenvalue weighted by molar-refractivity contribution is 7.89. The van der Waals surface area contributed by atoms with Gasteiger partial charge in [0.1, 0.15) is 6.04 Å². The van der Waals surface area contributed by atoms with Gasteiger partial charge in [0.2, 0.25) is 26.0 Å². The van der Waals surface area contributed by atoms with Crippen molar-refractivity contribution in [3.63, 3.8) is 0 Å². The Kier molecular flexibility index (Phi) is 6.80. The van der Waals surface area contributed by atoms with Gasteiger partial charge in [-0.1, -0.05) is 13.8 Å². The van der Waals surface area contributed by atoms with Crippen LogP contribution < -0.4 is 14.8 Å². The van der Waals surface area contributed by atoms with Gasteiger partial charge in [-0.25, -0.2) is 26.3 Å². The number of nitrogens with one attached hydrogen (secondary N) is 3. The Hall–Kier alpha value is -0.710. The lowest BCUT2D eigenvalue weighted by Crippen LogP contribution is -2.55. The molecule has 1 atom stereocenters. The monoisotopic (exact) mass is 343 g/mol. The summed E-state index contributed by atoms with van der Waals surface area (Å²) in [7, 11) is -6.93. The second kappa shape index (κ2) is 7.03. The highest BCUT2D eigenvalue weighted by Crippen LogP contribution is 2.06. The van der Waals surface area contributed by atoms with Crippen LogP contribution >= 0.6 is 0 Å². The van der Waals surface area contributed by atoms with E-state index in [1.54, 1.807) is 27.7 Å². The quantitative estimate of drug-likeness (QED) is 0.522. The summed E-state index contributed by atoms with van der Waals surface area (Å²) in [6.07, 6.45) is 2.00. The van der Waals surface area contributed by atoms with Crippen LogP contribution in [-0.4, -0.2) is 53.4 Å². The van der Waals surface area contributed by atoms with E-state index in [4.69, 9.17) is 0 Å². The van der Waals surface area contributed by atoms with Crippen LogP contribution in [0, 0.1) is 5.92 Å². The second-order valence-corrected chi connectivity index (χ2v) is 9.62. The van der Waals surface area contributed by atoms with Crippen LogP contribution in [0.4, 0.5) is 0 Å². The summed E-state index contributed by atoms with van der Waals surface area (Å²) in [4.78, 5) is 12.1. The van der Waals surface area contributed by atoms with Crippen LogP contribution in [0.1, 0.15) is 27.7 Å². The Bertz CT molecular complexity index is 567. The Balaban J connectivity index is 4.79. The molecule has 126 valence electrons. The maximum atomic E-state index is 12.1. The summed E-state index contributed by atoms with van der Waals surface area (Å²) in [5.74, 6) is -0.746. The molecular weight excluding hydrogens is 318 g/mol. The van der Waals surface area contributed by atoms with E-state index in [-0.39, 0.29) is 12.5 Å². The zero-order valence-electron chi connectivity index (χ0n) is 13.2. The van der Waals surface area contributed by atoms with E-state index in [0.29, 0.717) is 0 Å². The van der Waals surface area contributed by atoms with Crippen molar-refractivity contribution in [1.82, 2.24) is 14.8 Å². The first kappa shape index (κ1) is 20.3. The van der Waals surface area contributed by atoms with Gasteiger partial charge < -0.3 is 5.32 Å². The molecule has 1 amide bonds. The van der Waals surface area contributed by atoms with Gasteiger partial charge in [0, 0.05) is 12.1 Å². The third-order valence-electron chi connectivity index (χ3n) is 2.46. The molecule has 0 aromatic heterocycles. The minimum absolute atomic E-state index is 0.0353. The molecule has 0 saturated heterocycles. The van der Waals surface area contributed by atoms with E-state index in [9.17, 15) is 21.6 Å². The third kappa shape index (κ3) is 9.77. The zero-order chi connectivity index (χ0) is 17.1. The van der Waals surface area contributed by atoms with E-state index in [2.05, 4.69) is 14.8 Å². The maximum absolute atomic E-state index is 12.1. The highest BCUT2D eigenvalue weighted by Gasteiger charge is 2.28. The third-order valence-corrected chi connectivity index (χ3v) is 4.06. The lowest BCUT2D eigenvalue weighted by atomic mass is 10.0. The number of amides is 1. The molecule has 0 heterocycles. The smallest absolute Gasteiger partial charge is 0.238 e. The van der Waals surface area contributed by atoms with Gasteiger partial charge in [0.05, 0.1) is 12.5 Å². The van der Waals surface area contributed by atoms with E-state index in [0.717, 1.165) is 12.5 Å². The van der Waals surface area contributed by atoms with Gasteiger partial charge >= 0.3 is 0 Å². The molecule has 3 N–H and O–H groups in total. The first-order valence-corrected chi connectivity index (χ1v) is 10.2. The molecule has 0 aromatic rings. The summed E-state index contributed by atoms with van der Waals surface area (Å²) in [5, 5.41) is 2.56. The fraction of sp³-hybridized carbons (Fsp3) is 0.909. The Labute approximate surface area is 127 Å².